The number of nitrogens with one attached hydrogen (secondary N) is 1. The minimum atomic E-state index is 0.146. The summed E-state index contributed by atoms with van der Waals surface area (Å²) < 4.78 is 0. The normalized spacial score (nSPS) is 11.8. The zero-order valence-electron chi connectivity index (χ0n) is 12.2. The number of nitrogens with zero attached hydrogens (tertiary/aromatic N) is 1. The van der Waals surface area contributed by atoms with Crippen LogP contribution in [-0.4, -0.2) is 16.5 Å². The Morgan fingerprint density at radius 1 is 1.26 bits per heavy atom. The second-order valence-electron chi connectivity index (χ2n) is 6.05. The van der Waals surface area contributed by atoms with Gasteiger partial charge in [0.25, 0.3) is 0 Å². The summed E-state index contributed by atoms with van der Waals surface area (Å²) in [5.74, 6) is 0. The maximum atomic E-state index is 5.66. The van der Waals surface area contributed by atoms with Gasteiger partial charge in [0.15, 0.2) is 0 Å². The molecule has 0 aliphatic carbocycles. The standard InChI is InChI=1S/C16H23N3/c1-11-5-6-12(16(2,3)4)9-13(11)15-14(7-8-17)18-10-19-15/h5-6,9-10H,7-8,17H2,1-4H3,(H,18,19). The van der Waals surface area contributed by atoms with Crippen LogP contribution in [0.4, 0.5) is 0 Å². The van der Waals surface area contributed by atoms with E-state index in [4.69, 9.17) is 5.73 Å². The first-order valence-electron chi connectivity index (χ1n) is 6.77. The fraction of sp³-hybridized carbons (Fsp3) is 0.438. The van der Waals surface area contributed by atoms with Gasteiger partial charge in [0.2, 0.25) is 0 Å². The van der Waals surface area contributed by atoms with Crippen LogP contribution in [0.2, 0.25) is 0 Å². The molecule has 2 rings (SSSR count). The lowest BCUT2D eigenvalue weighted by Gasteiger charge is -2.20. The van der Waals surface area contributed by atoms with Crippen LogP contribution in [0.3, 0.4) is 0 Å². The van der Waals surface area contributed by atoms with E-state index < -0.39 is 0 Å². The van der Waals surface area contributed by atoms with Gasteiger partial charge in [-0.15, -0.1) is 0 Å². The van der Waals surface area contributed by atoms with Crippen molar-refractivity contribution in [3.63, 3.8) is 0 Å². The zero-order valence-corrected chi connectivity index (χ0v) is 12.2. The molecule has 1 aromatic heterocycles. The van der Waals surface area contributed by atoms with E-state index >= 15 is 0 Å². The summed E-state index contributed by atoms with van der Waals surface area (Å²) in [5, 5.41) is 0. The van der Waals surface area contributed by atoms with E-state index in [1.165, 1.54) is 16.7 Å². The van der Waals surface area contributed by atoms with Crippen LogP contribution in [0.25, 0.3) is 11.3 Å². The van der Waals surface area contributed by atoms with Crippen molar-refractivity contribution >= 4 is 0 Å². The maximum Gasteiger partial charge on any atom is 0.0929 e. The number of hydrogen-bond donors (Lipinski definition) is 2. The van der Waals surface area contributed by atoms with E-state index in [0.29, 0.717) is 6.54 Å². The molecule has 0 atom stereocenters. The molecule has 1 heterocycles. The molecule has 0 bridgehead atoms. The Bertz CT molecular complexity index is 562. The summed E-state index contributed by atoms with van der Waals surface area (Å²) in [4.78, 5) is 7.68. The van der Waals surface area contributed by atoms with Gasteiger partial charge in [-0.3, -0.25) is 0 Å². The highest BCUT2D eigenvalue weighted by Gasteiger charge is 2.17. The Labute approximate surface area is 115 Å². The number of aromatic amines is 1. The second kappa shape index (κ2) is 5.17. The van der Waals surface area contributed by atoms with Gasteiger partial charge >= 0.3 is 0 Å². The van der Waals surface area contributed by atoms with E-state index in [9.17, 15) is 0 Å². The van der Waals surface area contributed by atoms with Crippen molar-refractivity contribution in [2.75, 3.05) is 6.54 Å². The Morgan fingerprint density at radius 2 is 2.00 bits per heavy atom. The molecular weight excluding hydrogens is 234 g/mol. The third kappa shape index (κ3) is 2.87. The number of rotatable bonds is 3. The van der Waals surface area contributed by atoms with Crippen LogP contribution in [0.5, 0.6) is 0 Å². The molecule has 0 aliphatic heterocycles. The molecule has 3 N–H and O–H groups in total. The van der Waals surface area contributed by atoms with Crippen molar-refractivity contribution in [3.8, 4) is 11.3 Å². The van der Waals surface area contributed by atoms with Gasteiger partial charge in [-0.2, -0.15) is 0 Å². The van der Waals surface area contributed by atoms with Crippen molar-refractivity contribution in [1.29, 1.82) is 0 Å². The van der Waals surface area contributed by atoms with E-state index in [1.807, 2.05) is 0 Å². The average molecular weight is 257 g/mol. The molecule has 0 radical (unpaired) electrons. The number of imidazole rings is 1. The monoisotopic (exact) mass is 257 g/mol. The molecule has 1 aromatic carbocycles. The quantitative estimate of drug-likeness (QED) is 0.887. The minimum absolute atomic E-state index is 0.146. The smallest absolute Gasteiger partial charge is 0.0929 e. The van der Waals surface area contributed by atoms with Gasteiger partial charge in [-0.05, 0) is 36.1 Å². The molecule has 0 aliphatic rings. The van der Waals surface area contributed by atoms with E-state index in [0.717, 1.165) is 17.8 Å². The first kappa shape index (κ1) is 13.8. The topological polar surface area (TPSA) is 54.7 Å². The number of H-pyrrole nitrogens is 1. The molecule has 2 aromatic rings. The van der Waals surface area contributed by atoms with Crippen molar-refractivity contribution in [3.05, 3.63) is 41.3 Å². The van der Waals surface area contributed by atoms with Crippen LogP contribution in [0.1, 0.15) is 37.6 Å². The lowest BCUT2D eigenvalue weighted by Crippen LogP contribution is -2.11. The van der Waals surface area contributed by atoms with Crippen LogP contribution >= 0.6 is 0 Å². The molecule has 0 saturated carbocycles. The maximum absolute atomic E-state index is 5.66. The lowest BCUT2D eigenvalue weighted by molar-refractivity contribution is 0.590. The van der Waals surface area contributed by atoms with Gasteiger partial charge in [-0.25, -0.2) is 4.98 Å². The third-order valence-corrected chi connectivity index (χ3v) is 3.47. The average Bonchev–Trinajstić information content (AvgIpc) is 2.77. The summed E-state index contributed by atoms with van der Waals surface area (Å²) in [6.45, 7) is 9.45. The number of benzene rings is 1. The number of aryl methyl sites for hydroxylation is 1. The van der Waals surface area contributed by atoms with Crippen LogP contribution < -0.4 is 5.73 Å². The highest BCUT2D eigenvalue weighted by Crippen LogP contribution is 2.30. The first-order valence-corrected chi connectivity index (χ1v) is 6.77. The third-order valence-electron chi connectivity index (χ3n) is 3.47. The molecule has 0 unspecified atom stereocenters. The Morgan fingerprint density at radius 3 is 2.63 bits per heavy atom. The Kier molecular flexibility index (Phi) is 3.76. The number of hydrogen-bond acceptors (Lipinski definition) is 2. The van der Waals surface area contributed by atoms with Crippen molar-refractivity contribution in [2.24, 2.45) is 5.73 Å². The molecule has 3 heteroatoms. The summed E-state index contributed by atoms with van der Waals surface area (Å²) in [7, 11) is 0. The molecule has 102 valence electrons. The van der Waals surface area contributed by atoms with Crippen molar-refractivity contribution in [1.82, 2.24) is 9.97 Å². The lowest BCUT2D eigenvalue weighted by atomic mass is 9.84. The molecular formula is C16H23N3. The van der Waals surface area contributed by atoms with E-state index in [2.05, 4.69) is 55.9 Å². The van der Waals surface area contributed by atoms with Gasteiger partial charge < -0.3 is 10.7 Å². The Balaban J connectivity index is 2.52. The molecule has 0 saturated heterocycles. The molecule has 19 heavy (non-hydrogen) atoms. The van der Waals surface area contributed by atoms with E-state index in [1.54, 1.807) is 6.33 Å². The van der Waals surface area contributed by atoms with Gasteiger partial charge in [0.05, 0.1) is 12.0 Å². The van der Waals surface area contributed by atoms with Crippen molar-refractivity contribution in [2.45, 2.75) is 39.5 Å². The molecule has 3 nitrogen and oxygen atoms in total. The predicted molar refractivity (Wildman–Crippen MR) is 80.2 cm³/mol. The number of nitrogens with two attached hydrogens (primary N) is 1. The second-order valence-corrected chi connectivity index (χ2v) is 6.05. The molecule has 0 spiro atoms. The summed E-state index contributed by atoms with van der Waals surface area (Å²) in [6, 6.07) is 6.64. The fourth-order valence-electron chi connectivity index (χ4n) is 2.23. The zero-order chi connectivity index (χ0) is 14.0. The summed E-state index contributed by atoms with van der Waals surface area (Å²) in [6.07, 6.45) is 2.58. The molecule has 0 fully saturated rings. The van der Waals surface area contributed by atoms with E-state index in [-0.39, 0.29) is 5.41 Å². The molecule has 0 amide bonds. The van der Waals surface area contributed by atoms with Gasteiger partial charge in [0.1, 0.15) is 0 Å². The SMILES string of the molecule is Cc1ccc(C(C)(C)C)cc1-c1nc[nH]c1CCN. The van der Waals surface area contributed by atoms with Crippen molar-refractivity contribution < 1.29 is 0 Å². The highest BCUT2D eigenvalue weighted by molar-refractivity contribution is 5.67. The largest absolute Gasteiger partial charge is 0.348 e. The van der Waals surface area contributed by atoms with Gasteiger partial charge in [0, 0.05) is 17.7 Å². The van der Waals surface area contributed by atoms with Gasteiger partial charge in [-0.1, -0.05) is 32.9 Å². The minimum Gasteiger partial charge on any atom is -0.348 e. The predicted octanol–water partition coefficient (Wildman–Crippen LogP) is 3.18. The number of aromatic nitrogens is 2. The summed E-state index contributed by atoms with van der Waals surface area (Å²) in [5.41, 5.74) is 11.7. The fourth-order valence-corrected chi connectivity index (χ4v) is 2.23. The summed E-state index contributed by atoms with van der Waals surface area (Å²) >= 11 is 0. The first-order chi connectivity index (χ1) is 8.93. The Hall–Kier alpha value is -1.61. The van der Waals surface area contributed by atoms with Crippen LogP contribution in [-0.2, 0) is 11.8 Å². The van der Waals surface area contributed by atoms with Crippen LogP contribution in [0.15, 0.2) is 24.5 Å². The van der Waals surface area contributed by atoms with Crippen LogP contribution in [0, 0.1) is 6.92 Å². The highest BCUT2D eigenvalue weighted by atomic mass is 14.9.